The van der Waals surface area contributed by atoms with Gasteiger partial charge in [-0.3, -0.25) is 9.59 Å². The Morgan fingerprint density at radius 3 is 2.06 bits per heavy atom. The zero-order valence-corrected chi connectivity index (χ0v) is 20.7. The van der Waals surface area contributed by atoms with E-state index in [1.54, 1.807) is 6.92 Å². The summed E-state index contributed by atoms with van der Waals surface area (Å²) in [5, 5.41) is 9.76. The number of Topliss-reactive ketones (excluding diaryl/α,β-unsaturated/α-hetero) is 1. The van der Waals surface area contributed by atoms with Crippen molar-refractivity contribution in [1.82, 2.24) is 4.90 Å². The van der Waals surface area contributed by atoms with Crippen molar-refractivity contribution in [2.75, 3.05) is 13.2 Å². The molecule has 0 saturated carbocycles. The molecular formula is C26H39NO5. The molecule has 1 aliphatic rings. The summed E-state index contributed by atoms with van der Waals surface area (Å²) in [6.07, 6.45) is 0.203. The normalized spacial score (nSPS) is 19.5. The first-order valence-corrected chi connectivity index (χ1v) is 11.5. The molecule has 178 valence electrons. The van der Waals surface area contributed by atoms with Crippen LogP contribution in [0.3, 0.4) is 0 Å². The van der Waals surface area contributed by atoms with E-state index in [1.807, 2.05) is 0 Å². The van der Waals surface area contributed by atoms with E-state index in [0.717, 1.165) is 5.56 Å². The predicted octanol–water partition coefficient (Wildman–Crippen LogP) is 5.11. The molecule has 0 spiro atoms. The number of hydrogen-bond acceptors (Lipinski definition) is 4. The highest BCUT2D eigenvalue weighted by atomic mass is 16.5. The molecule has 2 unspecified atom stereocenters. The van der Waals surface area contributed by atoms with Gasteiger partial charge in [0.15, 0.2) is 0 Å². The van der Waals surface area contributed by atoms with E-state index in [0.29, 0.717) is 25.8 Å². The molecule has 1 amide bonds. The molecule has 0 radical (unpaired) electrons. The first-order valence-electron chi connectivity index (χ1n) is 11.5. The monoisotopic (exact) mass is 445 g/mol. The maximum atomic E-state index is 12.7. The molecule has 1 saturated heterocycles. The SMILES string of the molecule is CCOC(=O)CC(=O)C1CCN(C(=O)O)C(Cc2cc(C(C)(C)C)cc(C(C)(C)C)c2)C1. The van der Waals surface area contributed by atoms with Gasteiger partial charge >= 0.3 is 12.1 Å². The number of benzene rings is 1. The molecule has 1 aliphatic heterocycles. The Morgan fingerprint density at radius 1 is 1.03 bits per heavy atom. The number of carbonyl (C=O) groups excluding carboxylic acids is 2. The van der Waals surface area contributed by atoms with Gasteiger partial charge in [-0.15, -0.1) is 0 Å². The highest BCUT2D eigenvalue weighted by Crippen LogP contribution is 2.33. The van der Waals surface area contributed by atoms with Crippen molar-refractivity contribution < 1.29 is 24.2 Å². The lowest BCUT2D eigenvalue weighted by atomic mass is 9.78. The van der Waals surface area contributed by atoms with Crippen LogP contribution in [0, 0.1) is 5.92 Å². The van der Waals surface area contributed by atoms with Crippen LogP contribution < -0.4 is 0 Å². The van der Waals surface area contributed by atoms with Gasteiger partial charge in [-0.25, -0.2) is 4.79 Å². The van der Waals surface area contributed by atoms with Gasteiger partial charge in [0.1, 0.15) is 12.2 Å². The third kappa shape index (κ3) is 6.81. The molecule has 6 nitrogen and oxygen atoms in total. The van der Waals surface area contributed by atoms with E-state index in [-0.39, 0.29) is 41.6 Å². The van der Waals surface area contributed by atoms with Gasteiger partial charge in [-0.1, -0.05) is 59.7 Å². The molecule has 6 heteroatoms. The number of carboxylic acid groups (broad SMARTS) is 1. The summed E-state index contributed by atoms with van der Waals surface area (Å²) in [5.41, 5.74) is 3.44. The van der Waals surface area contributed by atoms with Gasteiger partial charge in [0.05, 0.1) is 6.61 Å². The summed E-state index contributed by atoms with van der Waals surface area (Å²) in [6, 6.07) is 6.27. The number of hydrogen-bond donors (Lipinski definition) is 1. The van der Waals surface area contributed by atoms with Crippen molar-refractivity contribution in [1.29, 1.82) is 0 Å². The maximum Gasteiger partial charge on any atom is 0.407 e. The summed E-state index contributed by atoms with van der Waals surface area (Å²) in [4.78, 5) is 37.8. The molecule has 2 rings (SSSR count). The Kier molecular flexibility index (Phi) is 8.13. The van der Waals surface area contributed by atoms with Crippen molar-refractivity contribution in [3.05, 3.63) is 34.9 Å². The Labute approximate surface area is 192 Å². The van der Waals surface area contributed by atoms with Gasteiger partial charge in [-0.05, 0) is 53.7 Å². The Balaban J connectivity index is 2.31. The lowest BCUT2D eigenvalue weighted by Gasteiger charge is -2.37. The van der Waals surface area contributed by atoms with Gasteiger partial charge in [0.25, 0.3) is 0 Å². The van der Waals surface area contributed by atoms with Crippen LogP contribution >= 0.6 is 0 Å². The molecule has 32 heavy (non-hydrogen) atoms. The zero-order valence-electron chi connectivity index (χ0n) is 20.7. The third-order valence-corrected chi connectivity index (χ3v) is 6.24. The van der Waals surface area contributed by atoms with Crippen LogP contribution in [0.25, 0.3) is 0 Å². The van der Waals surface area contributed by atoms with Crippen LogP contribution in [0.4, 0.5) is 4.79 Å². The number of likely N-dealkylation sites (tertiary alicyclic amines) is 1. The number of carbonyl (C=O) groups is 3. The number of nitrogens with zero attached hydrogens (tertiary/aromatic N) is 1. The van der Waals surface area contributed by atoms with E-state index in [9.17, 15) is 19.5 Å². The minimum Gasteiger partial charge on any atom is -0.466 e. The molecule has 1 N–H and O–H groups in total. The fourth-order valence-electron chi connectivity index (χ4n) is 4.24. The van der Waals surface area contributed by atoms with Crippen LogP contribution in [0.5, 0.6) is 0 Å². The van der Waals surface area contributed by atoms with E-state index >= 15 is 0 Å². The van der Waals surface area contributed by atoms with Crippen LogP contribution in [0.15, 0.2) is 18.2 Å². The van der Waals surface area contributed by atoms with Crippen LogP contribution in [0.2, 0.25) is 0 Å². The average Bonchev–Trinajstić information content (AvgIpc) is 2.66. The third-order valence-electron chi connectivity index (χ3n) is 6.24. The predicted molar refractivity (Wildman–Crippen MR) is 125 cm³/mol. The second-order valence-corrected chi connectivity index (χ2v) is 10.9. The fraction of sp³-hybridized carbons (Fsp3) is 0.654. The summed E-state index contributed by atoms with van der Waals surface area (Å²) in [7, 11) is 0. The van der Waals surface area contributed by atoms with Crippen molar-refractivity contribution >= 4 is 17.8 Å². The fourth-order valence-corrected chi connectivity index (χ4v) is 4.24. The maximum absolute atomic E-state index is 12.7. The zero-order chi connectivity index (χ0) is 24.3. The first kappa shape index (κ1) is 25.9. The summed E-state index contributed by atoms with van der Waals surface area (Å²) < 4.78 is 4.91. The Morgan fingerprint density at radius 2 is 1.59 bits per heavy atom. The van der Waals surface area contributed by atoms with Crippen molar-refractivity contribution in [3.63, 3.8) is 0 Å². The quantitative estimate of drug-likeness (QED) is 0.486. The van der Waals surface area contributed by atoms with Crippen molar-refractivity contribution in [2.45, 2.75) is 91.0 Å². The molecule has 1 fully saturated rings. The number of esters is 1. The topological polar surface area (TPSA) is 83.9 Å². The molecule has 0 bridgehead atoms. The second kappa shape index (κ2) is 10.1. The van der Waals surface area contributed by atoms with Crippen molar-refractivity contribution in [2.24, 2.45) is 5.92 Å². The first-order chi connectivity index (χ1) is 14.7. The largest absolute Gasteiger partial charge is 0.466 e. The highest BCUT2D eigenvalue weighted by molar-refractivity contribution is 5.96. The number of ether oxygens (including phenoxy) is 1. The minimum atomic E-state index is -0.964. The van der Waals surface area contributed by atoms with Crippen LogP contribution in [-0.4, -0.2) is 47.0 Å². The van der Waals surface area contributed by atoms with Crippen LogP contribution in [-0.2, 0) is 31.6 Å². The average molecular weight is 446 g/mol. The Hall–Kier alpha value is -2.37. The number of piperidine rings is 1. The van der Waals surface area contributed by atoms with E-state index in [4.69, 9.17) is 4.74 Å². The van der Waals surface area contributed by atoms with E-state index in [1.165, 1.54) is 16.0 Å². The summed E-state index contributed by atoms with van der Waals surface area (Å²) >= 11 is 0. The molecule has 0 aliphatic carbocycles. The second-order valence-electron chi connectivity index (χ2n) is 10.9. The molecule has 2 atom stereocenters. The molecule has 1 aromatic carbocycles. The minimum absolute atomic E-state index is 0.0345. The van der Waals surface area contributed by atoms with Gasteiger partial charge in [0.2, 0.25) is 0 Å². The molecule has 1 heterocycles. The van der Waals surface area contributed by atoms with Gasteiger partial charge in [-0.2, -0.15) is 0 Å². The molecule has 1 aromatic rings. The number of ketones is 1. The smallest absolute Gasteiger partial charge is 0.407 e. The van der Waals surface area contributed by atoms with Gasteiger partial charge < -0.3 is 14.7 Å². The van der Waals surface area contributed by atoms with Gasteiger partial charge in [0, 0.05) is 18.5 Å². The number of amides is 1. The number of rotatable bonds is 6. The standard InChI is InChI=1S/C26H39NO5/c1-8-32-23(29)16-22(28)18-9-10-27(24(30)31)21(14-18)13-17-11-19(25(2,3)4)15-20(12-17)26(5,6)7/h11-12,15,18,21H,8-10,13-14,16H2,1-7H3,(H,30,31). The van der Waals surface area contributed by atoms with E-state index in [2.05, 4.69) is 59.7 Å². The summed E-state index contributed by atoms with van der Waals surface area (Å²) in [5.74, 6) is -0.993. The van der Waals surface area contributed by atoms with E-state index < -0.39 is 12.1 Å². The summed E-state index contributed by atoms with van der Waals surface area (Å²) in [6.45, 7) is 15.3. The van der Waals surface area contributed by atoms with Crippen LogP contribution in [0.1, 0.15) is 84.4 Å². The lowest BCUT2D eigenvalue weighted by Crippen LogP contribution is -2.48. The molecule has 0 aromatic heterocycles. The Bertz CT molecular complexity index is 815. The van der Waals surface area contributed by atoms with Crippen molar-refractivity contribution in [3.8, 4) is 0 Å². The molecular weight excluding hydrogens is 406 g/mol. The highest BCUT2D eigenvalue weighted by Gasteiger charge is 2.35. The lowest BCUT2D eigenvalue weighted by molar-refractivity contribution is -0.146.